The molecule has 0 unspecified atom stereocenters. The summed E-state index contributed by atoms with van der Waals surface area (Å²) in [5.74, 6) is 0.664. The van der Waals surface area contributed by atoms with Crippen molar-refractivity contribution in [2.24, 2.45) is 0 Å². The van der Waals surface area contributed by atoms with Gasteiger partial charge < -0.3 is 25.6 Å². The third-order valence-corrected chi connectivity index (χ3v) is 5.06. The second kappa shape index (κ2) is 9.44. The first-order chi connectivity index (χ1) is 15.1. The summed E-state index contributed by atoms with van der Waals surface area (Å²) in [4.78, 5) is 14.5. The standard InChI is InChI=1S/C23H26N6O2/c1-16-3-8-21(17(2)13-16)27-23(30)26-19-6-4-18(5-7-19)25-22-14-20(15-24-28-22)29-9-11-31-12-10-29/h3-8,13-15H,9-12H2,1-2H3,(H,25,28)(H2,26,27,30). The van der Waals surface area contributed by atoms with E-state index >= 15 is 0 Å². The normalized spacial score (nSPS) is 13.5. The molecule has 0 saturated carbocycles. The zero-order valence-corrected chi connectivity index (χ0v) is 17.7. The number of ether oxygens (including phenoxy) is 1. The second-order valence-electron chi connectivity index (χ2n) is 7.50. The summed E-state index contributed by atoms with van der Waals surface area (Å²) in [5.41, 5.74) is 5.54. The van der Waals surface area contributed by atoms with E-state index in [1.807, 2.05) is 62.4 Å². The fourth-order valence-electron chi connectivity index (χ4n) is 3.44. The molecule has 31 heavy (non-hydrogen) atoms. The van der Waals surface area contributed by atoms with E-state index in [1.165, 1.54) is 0 Å². The first-order valence-electron chi connectivity index (χ1n) is 10.2. The van der Waals surface area contributed by atoms with Gasteiger partial charge >= 0.3 is 6.03 Å². The Bertz CT molecular complexity index is 1050. The van der Waals surface area contributed by atoms with Gasteiger partial charge in [0.25, 0.3) is 0 Å². The molecule has 160 valence electrons. The highest BCUT2D eigenvalue weighted by molar-refractivity contribution is 6.00. The number of amides is 2. The van der Waals surface area contributed by atoms with Gasteiger partial charge in [-0.05, 0) is 49.7 Å². The van der Waals surface area contributed by atoms with Crippen molar-refractivity contribution in [2.45, 2.75) is 13.8 Å². The van der Waals surface area contributed by atoms with E-state index in [0.717, 1.165) is 54.5 Å². The van der Waals surface area contributed by atoms with Crippen molar-refractivity contribution in [3.63, 3.8) is 0 Å². The Kier molecular flexibility index (Phi) is 6.28. The van der Waals surface area contributed by atoms with Crippen LogP contribution < -0.4 is 20.9 Å². The molecule has 1 aliphatic heterocycles. The smallest absolute Gasteiger partial charge is 0.323 e. The second-order valence-corrected chi connectivity index (χ2v) is 7.50. The van der Waals surface area contributed by atoms with E-state index in [1.54, 1.807) is 6.20 Å². The van der Waals surface area contributed by atoms with Gasteiger partial charge in [-0.2, -0.15) is 5.10 Å². The van der Waals surface area contributed by atoms with Crippen molar-refractivity contribution in [3.05, 3.63) is 65.9 Å². The molecule has 1 aromatic heterocycles. The Balaban J connectivity index is 1.35. The first kappa shape index (κ1) is 20.6. The number of morpholine rings is 1. The van der Waals surface area contributed by atoms with Crippen molar-refractivity contribution in [2.75, 3.05) is 47.2 Å². The van der Waals surface area contributed by atoms with Crippen molar-refractivity contribution < 1.29 is 9.53 Å². The average Bonchev–Trinajstić information content (AvgIpc) is 2.78. The molecule has 0 spiro atoms. The van der Waals surface area contributed by atoms with Gasteiger partial charge in [0.1, 0.15) is 0 Å². The van der Waals surface area contributed by atoms with Crippen LogP contribution in [0.25, 0.3) is 0 Å². The van der Waals surface area contributed by atoms with E-state index in [2.05, 4.69) is 31.0 Å². The lowest BCUT2D eigenvalue weighted by atomic mass is 10.1. The average molecular weight is 419 g/mol. The first-order valence-corrected chi connectivity index (χ1v) is 10.2. The molecule has 8 nitrogen and oxygen atoms in total. The molecule has 2 heterocycles. The van der Waals surface area contributed by atoms with Gasteiger partial charge in [0.05, 0.1) is 25.1 Å². The molecule has 1 aliphatic rings. The van der Waals surface area contributed by atoms with Crippen LogP contribution in [0.4, 0.5) is 33.4 Å². The third kappa shape index (κ3) is 5.49. The van der Waals surface area contributed by atoms with Crippen molar-refractivity contribution in [1.82, 2.24) is 10.2 Å². The third-order valence-electron chi connectivity index (χ3n) is 5.06. The maximum atomic E-state index is 12.3. The number of nitrogens with zero attached hydrogens (tertiary/aromatic N) is 3. The molecule has 1 saturated heterocycles. The molecule has 4 rings (SSSR count). The van der Waals surface area contributed by atoms with E-state index in [4.69, 9.17) is 4.74 Å². The lowest BCUT2D eigenvalue weighted by Gasteiger charge is -2.28. The van der Waals surface area contributed by atoms with Gasteiger partial charge in [0.2, 0.25) is 0 Å². The summed E-state index contributed by atoms with van der Waals surface area (Å²) in [5, 5.41) is 17.3. The maximum absolute atomic E-state index is 12.3. The zero-order chi connectivity index (χ0) is 21.6. The molecule has 2 aromatic carbocycles. The number of nitrogens with one attached hydrogen (secondary N) is 3. The summed E-state index contributed by atoms with van der Waals surface area (Å²) in [7, 11) is 0. The van der Waals surface area contributed by atoms with Crippen LogP contribution in [0.1, 0.15) is 11.1 Å². The number of rotatable bonds is 5. The molecular weight excluding hydrogens is 392 g/mol. The zero-order valence-electron chi connectivity index (χ0n) is 17.7. The van der Waals surface area contributed by atoms with Crippen LogP contribution in [-0.2, 0) is 4.74 Å². The van der Waals surface area contributed by atoms with Crippen LogP contribution in [0, 0.1) is 13.8 Å². The summed E-state index contributed by atoms with van der Waals surface area (Å²) in [6, 6.07) is 15.0. The van der Waals surface area contributed by atoms with Gasteiger partial charge in [0, 0.05) is 36.2 Å². The van der Waals surface area contributed by atoms with Crippen LogP contribution in [0.5, 0.6) is 0 Å². The number of urea groups is 1. The highest BCUT2D eigenvalue weighted by Crippen LogP contribution is 2.22. The fraction of sp³-hybridized carbons (Fsp3) is 0.261. The van der Waals surface area contributed by atoms with Gasteiger partial charge in [-0.1, -0.05) is 17.7 Å². The molecule has 8 heteroatoms. The predicted octanol–water partition coefficient (Wildman–Crippen LogP) is 4.32. The van der Waals surface area contributed by atoms with E-state index in [-0.39, 0.29) is 6.03 Å². The number of carbonyl (C=O) groups excluding carboxylic acids is 1. The van der Waals surface area contributed by atoms with Gasteiger partial charge in [-0.15, -0.1) is 5.10 Å². The number of anilines is 5. The predicted molar refractivity (Wildman–Crippen MR) is 123 cm³/mol. The SMILES string of the molecule is Cc1ccc(NC(=O)Nc2ccc(Nc3cc(N4CCOCC4)cnn3)cc2)c(C)c1. The summed E-state index contributed by atoms with van der Waals surface area (Å²) < 4.78 is 5.40. The number of aromatic nitrogens is 2. The highest BCUT2D eigenvalue weighted by atomic mass is 16.5. The van der Waals surface area contributed by atoms with Gasteiger partial charge in [-0.3, -0.25) is 0 Å². The molecule has 0 atom stereocenters. The van der Waals surface area contributed by atoms with E-state index < -0.39 is 0 Å². The molecule has 0 bridgehead atoms. The quantitative estimate of drug-likeness (QED) is 0.572. The number of carbonyl (C=O) groups is 1. The molecule has 0 aliphatic carbocycles. The van der Waals surface area contributed by atoms with Crippen molar-refractivity contribution >= 4 is 34.6 Å². The fourth-order valence-corrected chi connectivity index (χ4v) is 3.44. The molecular formula is C23H26N6O2. The number of aryl methyl sites for hydroxylation is 2. The molecule has 3 N–H and O–H groups in total. The Hall–Kier alpha value is -3.65. The molecule has 0 radical (unpaired) electrons. The Morgan fingerprint density at radius 1 is 0.968 bits per heavy atom. The Morgan fingerprint density at radius 3 is 2.45 bits per heavy atom. The minimum Gasteiger partial charge on any atom is -0.378 e. The highest BCUT2D eigenvalue weighted by Gasteiger charge is 2.12. The van der Waals surface area contributed by atoms with Crippen LogP contribution in [0.15, 0.2) is 54.7 Å². The number of benzene rings is 2. The topological polar surface area (TPSA) is 91.4 Å². The molecule has 3 aromatic rings. The molecule has 1 fully saturated rings. The monoisotopic (exact) mass is 418 g/mol. The largest absolute Gasteiger partial charge is 0.378 e. The molecule has 2 amide bonds. The number of hydrogen-bond donors (Lipinski definition) is 3. The number of hydrogen-bond acceptors (Lipinski definition) is 6. The summed E-state index contributed by atoms with van der Waals surface area (Å²) >= 11 is 0. The lowest BCUT2D eigenvalue weighted by Crippen LogP contribution is -2.36. The van der Waals surface area contributed by atoms with Gasteiger partial charge in [0.15, 0.2) is 5.82 Å². The maximum Gasteiger partial charge on any atom is 0.323 e. The Labute approximate surface area is 181 Å². The summed E-state index contributed by atoms with van der Waals surface area (Å²) in [6.45, 7) is 7.12. The van der Waals surface area contributed by atoms with E-state index in [9.17, 15) is 4.79 Å². The van der Waals surface area contributed by atoms with E-state index in [0.29, 0.717) is 11.5 Å². The lowest BCUT2D eigenvalue weighted by molar-refractivity contribution is 0.122. The van der Waals surface area contributed by atoms with Crippen LogP contribution >= 0.6 is 0 Å². The van der Waals surface area contributed by atoms with Crippen LogP contribution in [0.3, 0.4) is 0 Å². The van der Waals surface area contributed by atoms with Crippen LogP contribution in [0.2, 0.25) is 0 Å². The minimum atomic E-state index is -0.281. The van der Waals surface area contributed by atoms with Crippen LogP contribution in [-0.4, -0.2) is 42.5 Å². The minimum absolute atomic E-state index is 0.281. The summed E-state index contributed by atoms with van der Waals surface area (Å²) in [6.07, 6.45) is 1.76. The Morgan fingerprint density at radius 2 is 1.71 bits per heavy atom. The van der Waals surface area contributed by atoms with Gasteiger partial charge in [-0.25, -0.2) is 4.79 Å². The van der Waals surface area contributed by atoms with Crippen molar-refractivity contribution in [1.29, 1.82) is 0 Å². The van der Waals surface area contributed by atoms with Crippen molar-refractivity contribution in [3.8, 4) is 0 Å².